The number of amides is 2. The molecule has 0 radical (unpaired) electrons. The van der Waals surface area contributed by atoms with Crippen LogP contribution in [0.2, 0.25) is 0 Å². The molecule has 162 valence electrons. The smallest absolute Gasteiger partial charge is 0.411 e. The Labute approximate surface area is 168 Å². The third-order valence-electron chi connectivity index (χ3n) is 3.32. The number of rotatable bonds is 8. The van der Waals surface area contributed by atoms with E-state index in [0.29, 0.717) is 5.06 Å². The topological polar surface area (TPSA) is 149 Å². The van der Waals surface area contributed by atoms with Gasteiger partial charge in [-0.05, 0) is 45.9 Å². The van der Waals surface area contributed by atoms with Crippen LogP contribution in [0.25, 0.3) is 0 Å². The van der Waals surface area contributed by atoms with Gasteiger partial charge in [0.25, 0.3) is 10.1 Å². The highest BCUT2D eigenvalue weighted by molar-refractivity contribution is 7.85. The summed E-state index contributed by atoms with van der Waals surface area (Å²) in [7, 11) is -3.36. The summed E-state index contributed by atoms with van der Waals surface area (Å²) in [6.45, 7) is 6.30. The number of methoxy groups -OCH3 is 1. The van der Waals surface area contributed by atoms with E-state index in [4.69, 9.17) is 14.1 Å². The van der Waals surface area contributed by atoms with Crippen molar-refractivity contribution >= 4 is 34.3 Å². The molecule has 0 bridgehead atoms. The lowest BCUT2D eigenvalue weighted by atomic mass is 10.1. The van der Waals surface area contributed by atoms with Gasteiger partial charge in [0, 0.05) is 5.69 Å². The van der Waals surface area contributed by atoms with Crippen LogP contribution in [0.15, 0.2) is 29.2 Å². The number of esters is 1. The summed E-state index contributed by atoms with van der Waals surface area (Å²) in [6.07, 6.45) is -1.97. The molecule has 0 aromatic heterocycles. The maximum absolute atomic E-state index is 12.2. The predicted octanol–water partition coefficient (Wildman–Crippen LogP) is 1.60. The molecule has 29 heavy (non-hydrogen) atoms. The number of hydrogen-bond acceptors (Lipinski definition) is 8. The molecule has 1 rings (SSSR count). The molecule has 2 amide bonds. The number of carbonyl (C=O) groups excluding carboxylic acids is 3. The largest absolute Gasteiger partial charge is 0.467 e. The molecule has 2 N–H and O–H groups in total. The van der Waals surface area contributed by atoms with Crippen molar-refractivity contribution in [3.63, 3.8) is 0 Å². The molecule has 12 heteroatoms. The van der Waals surface area contributed by atoms with E-state index in [2.05, 4.69) is 10.1 Å². The van der Waals surface area contributed by atoms with Crippen LogP contribution in [0.4, 0.5) is 10.5 Å². The highest BCUT2D eigenvalue weighted by Crippen LogP contribution is 2.18. The van der Waals surface area contributed by atoms with E-state index in [9.17, 15) is 22.8 Å². The molecule has 0 spiro atoms. The van der Waals surface area contributed by atoms with Gasteiger partial charge in [-0.3, -0.25) is 19.5 Å². The Bertz CT molecular complexity index is 849. The normalized spacial score (nSPS) is 13.7. The first-order chi connectivity index (χ1) is 13.3. The van der Waals surface area contributed by atoms with Gasteiger partial charge >= 0.3 is 12.1 Å². The third-order valence-corrected chi connectivity index (χ3v) is 4.17. The molecule has 0 saturated heterocycles. The maximum atomic E-state index is 12.2. The minimum atomic E-state index is -4.46. The Balaban J connectivity index is 2.96. The minimum absolute atomic E-state index is 0.0186. The minimum Gasteiger partial charge on any atom is -0.467 e. The van der Waals surface area contributed by atoms with Gasteiger partial charge in [0.15, 0.2) is 6.04 Å². The second-order valence-corrected chi connectivity index (χ2v) is 8.30. The van der Waals surface area contributed by atoms with E-state index in [0.717, 1.165) is 19.2 Å². The first-order valence-corrected chi connectivity index (χ1v) is 9.78. The molecule has 1 aromatic carbocycles. The van der Waals surface area contributed by atoms with Crippen LogP contribution in [-0.2, 0) is 34.0 Å². The van der Waals surface area contributed by atoms with E-state index in [1.165, 1.54) is 19.1 Å². The fourth-order valence-corrected chi connectivity index (χ4v) is 2.72. The number of hydroxylamine groups is 2. The van der Waals surface area contributed by atoms with Crippen LogP contribution < -0.4 is 5.32 Å². The number of ether oxygens (including phenoxy) is 2. The van der Waals surface area contributed by atoms with E-state index < -0.39 is 44.8 Å². The predicted molar refractivity (Wildman–Crippen MR) is 100 cm³/mol. The Kier molecular flexibility index (Phi) is 8.12. The molecular weight excluding hydrogens is 408 g/mol. The van der Waals surface area contributed by atoms with Crippen LogP contribution >= 0.6 is 0 Å². The van der Waals surface area contributed by atoms with Crippen molar-refractivity contribution < 1.29 is 41.7 Å². The lowest BCUT2D eigenvalue weighted by Crippen LogP contribution is -2.52. The summed E-state index contributed by atoms with van der Waals surface area (Å²) < 4.78 is 41.2. The average molecular weight is 432 g/mol. The first-order valence-electron chi connectivity index (χ1n) is 8.34. The summed E-state index contributed by atoms with van der Waals surface area (Å²) >= 11 is 0. The second-order valence-electron chi connectivity index (χ2n) is 6.88. The molecule has 0 fully saturated rings. The molecular formula is C17H24N2O9S. The van der Waals surface area contributed by atoms with Crippen molar-refractivity contribution in [1.82, 2.24) is 5.06 Å². The summed E-state index contributed by atoms with van der Waals surface area (Å²) in [4.78, 5) is 40.7. The average Bonchev–Trinajstić information content (AvgIpc) is 2.59. The summed E-state index contributed by atoms with van der Waals surface area (Å²) in [5, 5.41) is 2.96. The monoisotopic (exact) mass is 432 g/mol. The zero-order valence-electron chi connectivity index (χ0n) is 16.6. The van der Waals surface area contributed by atoms with Crippen LogP contribution in [0, 0.1) is 0 Å². The van der Waals surface area contributed by atoms with Gasteiger partial charge in [0.1, 0.15) is 6.10 Å². The SMILES string of the molecule is COC(=O)[C@H]([C@H](C)OC(=O)Nc1cccc(S(=O)(=O)O)c1)N(C=O)OC(C)(C)C. The highest BCUT2D eigenvalue weighted by atomic mass is 32.2. The molecule has 0 saturated carbocycles. The number of anilines is 1. The lowest BCUT2D eigenvalue weighted by molar-refractivity contribution is -0.243. The quantitative estimate of drug-likeness (QED) is 0.270. The van der Waals surface area contributed by atoms with Gasteiger partial charge in [-0.1, -0.05) is 6.07 Å². The van der Waals surface area contributed by atoms with E-state index in [1.807, 2.05) is 0 Å². The van der Waals surface area contributed by atoms with E-state index in [-0.39, 0.29) is 12.1 Å². The fourth-order valence-electron chi connectivity index (χ4n) is 2.20. The molecule has 0 aliphatic carbocycles. The zero-order valence-corrected chi connectivity index (χ0v) is 17.4. The van der Waals surface area contributed by atoms with Crippen LogP contribution in [0.3, 0.4) is 0 Å². The lowest BCUT2D eigenvalue weighted by Gasteiger charge is -2.33. The summed E-state index contributed by atoms with van der Waals surface area (Å²) in [5.74, 6) is -0.880. The standard InChI is InChI=1S/C17H24N2O9S/c1-11(14(15(21)26-5)19(10-20)28-17(2,3)4)27-16(22)18-12-7-6-8-13(9-12)29(23,24)25/h6-11,14H,1-5H3,(H,18,22)(H,23,24,25)/t11-,14-/m0/s1. The van der Waals surface area contributed by atoms with E-state index >= 15 is 0 Å². The van der Waals surface area contributed by atoms with Gasteiger partial charge < -0.3 is 9.47 Å². The number of hydrogen-bond donors (Lipinski definition) is 2. The highest BCUT2D eigenvalue weighted by Gasteiger charge is 2.37. The van der Waals surface area contributed by atoms with Crippen molar-refractivity contribution in [2.45, 2.75) is 50.3 Å². The van der Waals surface area contributed by atoms with Gasteiger partial charge in [-0.25, -0.2) is 14.7 Å². The zero-order chi connectivity index (χ0) is 22.4. The fraction of sp³-hybridized carbons (Fsp3) is 0.471. The Hall–Kier alpha value is -2.70. The second kappa shape index (κ2) is 9.67. The van der Waals surface area contributed by atoms with Crippen LogP contribution in [0.5, 0.6) is 0 Å². The Morgan fingerprint density at radius 1 is 1.28 bits per heavy atom. The van der Waals surface area contributed by atoms with Gasteiger partial charge in [-0.2, -0.15) is 8.42 Å². The maximum Gasteiger partial charge on any atom is 0.411 e. The van der Waals surface area contributed by atoms with Crippen LogP contribution in [0.1, 0.15) is 27.7 Å². The van der Waals surface area contributed by atoms with Gasteiger partial charge in [-0.15, -0.1) is 0 Å². The van der Waals surface area contributed by atoms with Crippen molar-refractivity contribution in [2.24, 2.45) is 0 Å². The van der Waals surface area contributed by atoms with E-state index in [1.54, 1.807) is 20.8 Å². The van der Waals surface area contributed by atoms with Crippen molar-refractivity contribution in [3.8, 4) is 0 Å². The van der Waals surface area contributed by atoms with Gasteiger partial charge in [0.05, 0.1) is 17.6 Å². The van der Waals surface area contributed by atoms with Crippen molar-refractivity contribution in [2.75, 3.05) is 12.4 Å². The molecule has 0 heterocycles. The summed E-state index contributed by atoms with van der Waals surface area (Å²) in [5.41, 5.74) is -0.809. The number of nitrogens with zero attached hydrogens (tertiary/aromatic N) is 1. The molecule has 1 aromatic rings. The molecule has 2 atom stereocenters. The van der Waals surface area contributed by atoms with Crippen LogP contribution in [-0.4, -0.2) is 61.4 Å². The first kappa shape index (κ1) is 24.3. The third kappa shape index (κ3) is 7.68. The number of nitrogens with one attached hydrogen (secondary N) is 1. The Morgan fingerprint density at radius 3 is 2.38 bits per heavy atom. The number of benzene rings is 1. The molecule has 0 aliphatic heterocycles. The Morgan fingerprint density at radius 2 is 1.90 bits per heavy atom. The van der Waals surface area contributed by atoms with Gasteiger partial charge in [0.2, 0.25) is 6.41 Å². The van der Waals surface area contributed by atoms with Crippen molar-refractivity contribution in [3.05, 3.63) is 24.3 Å². The molecule has 11 nitrogen and oxygen atoms in total. The molecule has 0 unspecified atom stereocenters. The summed E-state index contributed by atoms with van der Waals surface area (Å²) in [6, 6.07) is 3.41. The van der Waals surface area contributed by atoms with Crippen molar-refractivity contribution in [1.29, 1.82) is 0 Å². The molecule has 0 aliphatic rings. The number of carbonyl (C=O) groups is 3.